The molecule has 0 fully saturated rings. The van der Waals surface area contributed by atoms with Crippen LogP contribution in [0, 0.1) is 0 Å². The van der Waals surface area contributed by atoms with E-state index in [2.05, 4.69) is 4.98 Å². The zero-order valence-electron chi connectivity index (χ0n) is 11.1. The van der Waals surface area contributed by atoms with Crippen molar-refractivity contribution in [2.45, 2.75) is 25.1 Å². The number of hydrogen-bond donors (Lipinski definition) is 1. The first-order valence-electron chi connectivity index (χ1n) is 6.09. The number of rotatable bonds is 4. The molecule has 0 atom stereocenters. The van der Waals surface area contributed by atoms with Crippen molar-refractivity contribution in [3.05, 3.63) is 42.1 Å². The normalized spacial score (nSPS) is 12.8. The molecule has 0 saturated carbocycles. The summed E-state index contributed by atoms with van der Waals surface area (Å²) in [5.74, 6) is -0.0344. The first kappa shape index (κ1) is 14.0. The summed E-state index contributed by atoms with van der Waals surface area (Å²) in [5.41, 5.74) is 6.66. The first-order chi connectivity index (χ1) is 8.77. The minimum Gasteiger partial charge on any atom is -0.325 e. The molecule has 2 rings (SSSR count). The maximum atomic E-state index is 12.2. The standard InChI is InChI=1S/C14H18N2O2S/c1-14(2,15)10-19(17,18)9-11-7-8-16-13-6-4-3-5-12(11)13/h3-8H,9-10,15H2,1-2H3. The van der Waals surface area contributed by atoms with Crippen LogP contribution >= 0.6 is 0 Å². The van der Waals surface area contributed by atoms with Crippen LogP contribution in [0.25, 0.3) is 10.9 Å². The molecule has 0 aliphatic carbocycles. The fourth-order valence-electron chi connectivity index (χ4n) is 2.14. The second-order valence-electron chi connectivity index (χ2n) is 5.51. The molecule has 0 radical (unpaired) electrons. The van der Waals surface area contributed by atoms with E-state index < -0.39 is 15.4 Å². The van der Waals surface area contributed by atoms with E-state index in [1.807, 2.05) is 24.3 Å². The van der Waals surface area contributed by atoms with Crippen molar-refractivity contribution < 1.29 is 8.42 Å². The summed E-state index contributed by atoms with van der Waals surface area (Å²) < 4.78 is 24.3. The second kappa shape index (κ2) is 4.90. The van der Waals surface area contributed by atoms with Crippen LogP contribution in [0.5, 0.6) is 0 Å². The van der Waals surface area contributed by atoms with Gasteiger partial charge in [-0.05, 0) is 31.5 Å². The van der Waals surface area contributed by atoms with Gasteiger partial charge in [0.1, 0.15) is 0 Å². The summed E-state index contributed by atoms with van der Waals surface area (Å²) in [5, 5.41) is 0.878. The van der Waals surface area contributed by atoms with Crippen LogP contribution in [0.15, 0.2) is 36.5 Å². The van der Waals surface area contributed by atoms with Gasteiger partial charge in [0, 0.05) is 17.1 Å². The highest BCUT2D eigenvalue weighted by molar-refractivity contribution is 7.90. The molecule has 2 N–H and O–H groups in total. The Labute approximate surface area is 113 Å². The van der Waals surface area contributed by atoms with Gasteiger partial charge < -0.3 is 5.73 Å². The van der Waals surface area contributed by atoms with E-state index in [1.165, 1.54) is 0 Å². The number of aromatic nitrogens is 1. The summed E-state index contributed by atoms with van der Waals surface area (Å²) in [6.45, 7) is 3.43. The summed E-state index contributed by atoms with van der Waals surface area (Å²) in [6.07, 6.45) is 1.64. The summed E-state index contributed by atoms with van der Waals surface area (Å²) in [4.78, 5) is 4.23. The Balaban J connectivity index is 2.37. The van der Waals surface area contributed by atoms with Crippen LogP contribution in [-0.4, -0.2) is 24.7 Å². The molecule has 0 aliphatic rings. The molecule has 0 aliphatic heterocycles. The van der Waals surface area contributed by atoms with Crippen LogP contribution in [0.1, 0.15) is 19.4 Å². The molecule has 1 aromatic heterocycles. The fourth-order valence-corrected chi connectivity index (χ4v) is 4.10. The first-order valence-corrected chi connectivity index (χ1v) is 7.91. The molecule has 0 amide bonds. The Hall–Kier alpha value is -1.46. The maximum absolute atomic E-state index is 12.2. The molecule has 5 heteroatoms. The number of sulfone groups is 1. The molecule has 1 aromatic carbocycles. The number of nitrogens with two attached hydrogens (primary N) is 1. The lowest BCUT2D eigenvalue weighted by molar-refractivity contribution is 0.544. The third-order valence-electron chi connectivity index (χ3n) is 2.71. The van der Waals surface area contributed by atoms with E-state index >= 15 is 0 Å². The van der Waals surface area contributed by atoms with E-state index in [9.17, 15) is 8.42 Å². The summed E-state index contributed by atoms with van der Waals surface area (Å²) >= 11 is 0. The van der Waals surface area contributed by atoms with Crippen LogP contribution in [-0.2, 0) is 15.6 Å². The van der Waals surface area contributed by atoms with E-state index in [-0.39, 0.29) is 11.5 Å². The minimum atomic E-state index is -3.24. The Morgan fingerprint density at radius 3 is 2.58 bits per heavy atom. The van der Waals surface area contributed by atoms with Crippen molar-refractivity contribution in [3.63, 3.8) is 0 Å². The quantitative estimate of drug-likeness (QED) is 0.927. The van der Waals surface area contributed by atoms with Crippen LogP contribution in [0.4, 0.5) is 0 Å². The number of nitrogens with zero attached hydrogens (tertiary/aromatic N) is 1. The van der Waals surface area contributed by atoms with E-state index in [0.717, 1.165) is 16.5 Å². The lowest BCUT2D eigenvalue weighted by Crippen LogP contribution is -2.40. The zero-order chi connectivity index (χ0) is 14.1. The number of hydrogen-bond acceptors (Lipinski definition) is 4. The van der Waals surface area contributed by atoms with Crippen molar-refractivity contribution in [2.24, 2.45) is 5.73 Å². The van der Waals surface area contributed by atoms with Gasteiger partial charge in [-0.2, -0.15) is 0 Å². The van der Waals surface area contributed by atoms with E-state index in [4.69, 9.17) is 5.73 Å². The smallest absolute Gasteiger partial charge is 0.156 e. The average Bonchev–Trinajstić information content (AvgIpc) is 2.25. The van der Waals surface area contributed by atoms with Crippen molar-refractivity contribution in [1.29, 1.82) is 0 Å². The van der Waals surface area contributed by atoms with Gasteiger partial charge in [0.2, 0.25) is 0 Å². The largest absolute Gasteiger partial charge is 0.325 e. The van der Waals surface area contributed by atoms with Crippen LogP contribution in [0.3, 0.4) is 0 Å². The number of pyridine rings is 1. The van der Waals surface area contributed by atoms with Crippen molar-refractivity contribution in [3.8, 4) is 0 Å². The number of para-hydroxylation sites is 1. The molecule has 0 unspecified atom stereocenters. The topological polar surface area (TPSA) is 73.1 Å². The predicted octanol–water partition coefficient (Wildman–Crippen LogP) is 1.89. The summed E-state index contributed by atoms with van der Waals surface area (Å²) in [6, 6.07) is 9.28. The van der Waals surface area contributed by atoms with Crippen molar-refractivity contribution in [2.75, 3.05) is 5.75 Å². The Morgan fingerprint density at radius 2 is 1.89 bits per heavy atom. The minimum absolute atomic E-state index is 0.00331. The highest BCUT2D eigenvalue weighted by atomic mass is 32.2. The Kier molecular flexibility index (Phi) is 3.60. The second-order valence-corrected chi connectivity index (χ2v) is 7.57. The summed E-state index contributed by atoms with van der Waals surface area (Å²) in [7, 11) is -3.24. The van der Waals surface area contributed by atoms with Gasteiger partial charge >= 0.3 is 0 Å². The SMILES string of the molecule is CC(C)(N)CS(=O)(=O)Cc1ccnc2ccccc12. The van der Waals surface area contributed by atoms with Gasteiger partial charge in [-0.25, -0.2) is 8.42 Å². The highest BCUT2D eigenvalue weighted by Crippen LogP contribution is 2.19. The van der Waals surface area contributed by atoms with Gasteiger partial charge in [-0.15, -0.1) is 0 Å². The molecule has 1 heterocycles. The number of benzene rings is 1. The van der Waals surface area contributed by atoms with Gasteiger partial charge in [0.05, 0.1) is 17.0 Å². The fraction of sp³-hybridized carbons (Fsp3) is 0.357. The molecule has 0 spiro atoms. The molecular formula is C14H18N2O2S. The maximum Gasteiger partial charge on any atom is 0.156 e. The monoisotopic (exact) mass is 278 g/mol. The molecule has 19 heavy (non-hydrogen) atoms. The molecule has 0 saturated heterocycles. The molecular weight excluding hydrogens is 260 g/mol. The average molecular weight is 278 g/mol. The predicted molar refractivity (Wildman–Crippen MR) is 77.5 cm³/mol. The van der Waals surface area contributed by atoms with Crippen LogP contribution < -0.4 is 5.73 Å². The van der Waals surface area contributed by atoms with Gasteiger partial charge in [-0.3, -0.25) is 4.98 Å². The van der Waals surface area contributed by atoms with Crippen LogP contribution in [0.2, 0.25) is 0 Å². The third-order valence-corrected chi connectivity index (χ3v) is 4.64. The van der Waals surface area contributed by atoms with Crippen molar-refractivity contribution >= 4 is 20.7 Å². The molecule has 0 bridgehead atoms. The van der Waals surface area contributed by atoms with Gasteiger partial charge in [-0.1, -0.05) is 18.2 Å². The van der Waals surface area contributed by atoms with E-state index in [0.29, 0.717) is 0 Å². The molecule has 4 nitrogen and oxygen atoms in total. The zero-order valence-corrected chi connectivity index (χ0v) is 11.9. The third kappa shape index (κ3) is 3.75. The lowest BCUT2D eigenvalue weighted by atomic mass is 10.1. The molecule has 102 valence electrons. The lowest BCUT2D eigenvalue weighted by Gasteiger charge is -2.18. The van der Waals surface area contributed by atoms with Crippen molar-refractivity contribution in [1.82, 2.24) is 4.98 Å². The van der Waals surface area contributed by atoms with Gasteiger partial charge in [0.25, 0.3) is 0 Å². The molecule has 2 aromatic rings. The Bertz CT molecular complexity index is 683. The number of fused-ring (bicyclic) bond motifs is 1. The van der Waals surface area contributed by atoms with Gasteiger partial charge in [0.15, 0.2) is 9.84 Å². The highest BCUT2D eigenvalue weighted by Gasteiger charge is 2.23. The Morgan fingerprint density at radius 1 is 1.21 bits per heavy atom. The van der Waals surface area contributed by atoms with E-state index in [1.54, 1.807) is 26.1 Å².